The standard InChI is InChI=1S/C37H52N6O5.C2H6/c1-26(47-25-36(3,4)5)18-22-48-37(6,7)19-21-43-35-30-15-11-12-16-31(30)42(33(46)17-20-38-32(45)23-39-27(2)44)24-28-13-9-8-10-14-29(28)34(35)40-41-43;1-2/h8-13,15-16,26H,14,17-25H2,1-7H3,(H,38,45)(H,39,44);1-2H3. The zero-order valence-corrected chi connectivity index (χ0v) is 31.6. The van der Waals surface area contributed by atoms with Crippen LogP contribution in [0, 0.1) is 5.41 Å². The minimum absolute atomic E-state index is 0.0977. The topological polar surface area (TPSA) is 128 Å². The number of nitrogens with one attached hydrogen (secondary N) is 2. The Labute approximate surface area is 298 Å². The van der Waals surface area contributed by atoms with Crippen LogP contribution in [0.1, 0.15) is 93.7 Å². The molecule has 2 aromatic rings. The molecule has 11 heteroatoms. The van der Waals surface area contributed by atoms with Crippen molar-refractivity contribution in [3.05, 3.63) is 59.8 Å². The molecule has 2 N–H and O–H groups in total. The number of benzene rings is 1. The maximum atomic E-state index is 13.8. The van der Waals surface area contributed by atoms with E-state index in [1.807, 2.05) is 61.0 Å². The summed E-state index contributed by atoms with van der Waals surface area (Å²) < 4.78 is 14.3. The Hall–Kier alpha value is -4.09. The minimum Gasteiger partial charge on any atom is -0.378 e. The maximum absolute atomic E-state index is 13.8. The van der Waals surface area contributed by atoms with Crippen LogP contribution in [0.25, 0.3) is 16.8 Å². The van der Waals surface area contributed by atoms with E-state index in [1.165, 1.54) is 6.92 Å². The van der Waals surface area contributed by atoms with Gasteiger partial charge in [-0.2, -0.15) is 0 Å². The average Bonchev–Trinajstić information content (AvgIpc) is 3.34. The van der Waals surface area contributed by atoms with Crippen LogP contribution in [0.3, 0.4) is 0 Å². The van der Waals surface area contributed by atoms with Crippen LogP contribution < -0.4 is 15.5 Å². The van der Waals surface area contributed by atoms with Gasteiger partial charge in [0.15, 0.2) is 0 Å². The predicted octanol–water partition coefficient (Wildman–Crippen LogP) is 6.26. The molecule has 1 aliphatic carbocycles. The number of carbonyl (C=O) groups excluding carboxylic acids is 3. The van der Waals surface area contributed by atoms with E-state index in [9.17, 15) is 14.4 Å². The number of rotatable bonds is 14. The number of para-hydroxylation sites is 1. The van der Waals surface area contributed by atoms with E-state index < -0.39 is 5.60 Å². The van der Waals surface area contributed by atoms with Gasteiger partial charge in [0.2, 0.25) is 17.7 Å². The van der Waals surface area contributed by atoms with Gasteiger partial charge in [-0.1, -0.05) is 82.3 Å². The summed E-state index contributed by atoms with van der Waals surface area (Å²) >= 11 is 0. The zero-order chi connectivity index (χ0) is 36.9. The average molecular weight is 691 g/mol. The molecule has 0 spiro atoms. The van der Waals surface area contributed by atoms with Crippen molar-refractivity contribution in [2.45, 2.75) is 106 Å². The fraction of sp³-hybridized carbons (Fsp3) is 0.564. The number of hydrogen-bond donors (Lipinski definition) is 2. The highest BCUT2D eigenvalue weighted by molar-refractivity contribution is 6.01. The molecule has 1 aliphatic heterocycles. The van der Waals surface area contributed by atoms with Crippen LogP contribution in [0.4, 0.5) is 5.69 Å². The predicted molar refractivity (Wildman–Crippen MR) is 199 cm³/mol. The molecular formula is C39H58N6O5. The van der Waals surface area contributed by atoms with Crippen LogP contribution in [0.15, 0.2) is 54.1 Å². The highest BCUT2D eigenvalue weighted by atomic mass is 16.5. The number of amides is 3. The first kappa shape index (κ1) is 40.3. The summed E-state index contributed by atoms with van der Waals surface area (Å²) in [6, 6.07) is 7.85. The number of anilines is 1. The first-order valence-electron chi connectivity index (χ1n) is 17.9. The molecule has 2 heterocycles. The molecule has 3 amide bonds. The molecule has 1 unspecified atom stereocenters. The lowest BCUT2D eigenvalue weighted by Gasteiger charge is -2.30. The van der Waals surface area contributed by atoms with E-state index in [1.54, 1.807) is 4.90 Å². The molecule has 1 atom stereocenters. The first-order valence-corrected chi connectivity index (χ1v) is 17.9. The molecule has 0 bridgehead atoms. The number of aromatic nitrogens is 3. The summed E-state index contributed by atoms with van der Waals surface area (Å²) in [7, 11) is 0. The Morgan fingerprint density at radius 1 is 1.04 bits per heavy atom. The third-order valence-corrected chi connectivity index (χ3v) is 8.26. The van der Waals surface area contributed by atoms with Crippen molar-refractivity contribution in [3.63, 3.8) is 0 Å². The van der Waals surface area contributed by atoms with Crippen molar-refractivity contribution in [3.8, 4) is 11.3 Å². The van der Waals surface area contributed by atoms with Crippen LogP contribution in [-0.2, 0) is 30.4 Å². The van der Waals surface area contributed by atoms with Crippen molar-refractivity contribution < 1.29 is 23.9 Å². The van der Waals surface area contributed by atoms with Crippen molar-refractivity contribution in [2.24, 2.45) is 5.41 Å². The van der Waals surface area contributed by atoms with Crippen LogP contribution in [-0.4, -0.2) is 77.3 Å². The molecule has 0 saturated heterocycles. The van der Waals surface area contributed by atoms with Gasteiger partial charge < -0.3 is 25.0 Å². The molecule has 0 radical (unpaired) electrons. The quantitative estimate of drug-likeness (QED) is 0.240. The Balaban J connectivity index is 0.00000332. The van der Waals surface area contributed by atoms with Crippen LogP contribution >= 0.6 is 0 Å². The van der Waals surface area contributed by atoms with Crippen LogP contribution in [0.2, 0.25) is 0 Å². The third-order valence-electron chi connectivity index (χ3n) is 8.26. The largest absolute Gasteiger partial charge is 0.378 e. The zero-order valence-electron chi connectivity index (χ0n) is 31.6. The minimum atomic E-state index is -0.408. The molecule has 2 aliphatic rings. The third kappa shape index (κ3) is 12.1. The van der Waals surface area contributed by atoms with Gasteiger partial charge >= 0.3 is 0 Å². The Morgan fingerprint density at radius 2 is 1.78 bits per heavy atom. The van der Waals surface area contributed by atoms with Gasteiger partial charge in [-0.05, 0) is 62.7 Å². The number of allylic oxidation sites excluding steroid dienone is 4. The number of aryl methyl sites for hydroxylation is 1. The Bertz CT molecular complexity index is 1550. The highest BCUT2D eigenvalue weighted by Crippen LogP contribution is 2.41. The van der Waals surface area contributed by atoms with Gasteiger partial charge in [-0.15, -0.1) is 5.10 Å². The highest BCUT2D eigenvalue weighted by Gasteiger charge is 2.30. The second kappa shape index (κ2) is 18.8. The first-order chi connectivity index (χ1) is 23.7. The van der Waals surface area contributed by atoms with E-state index in [0.717, 1.165) is 40.2 Å². The van der Waals surface area contributed by atoms with Gasteiger partial charge in [-0.3, -0.25) is 14.4 Å². The Kier molecular flexibility index (Phi) is 15.1. The summed E-state index contributed by atoms with van der Waals surface area (Å²) in [5.74, 6) is -0.759. The van der Waals surface area contributed by atoms with Gasteiger partial charge in [0, 0.05) is 38.6 Å². The summed E-state index contributed by atoms with van der Waals surface area (Å²) in [6.45, 7) is 20.4. The lowest BCUT2D eigenvalue weighted by molar-refractivity contribution is -0.125. The van der Waals surface area contributed by atoms with E-state index in [2.05, 4.69) is 63.5 Å². The summed E-state index contributed by atoms with van der Waals surface area (Å²) in [5.41, 5.74) is 5.03. The summed E-state index contributed by atoms with van der Waals surface area (Å²) in [6.07, 6.45) is 10.5. The molecule has 4 rings (SSSR count). The lowest BCUT2D eigenvalue weighted by atomic mass is 9.93. The lowest BCUT2D eigenvalue weighted by Crippen LogP contribution is -2.39. The second-order valence-electron chi connectivity index (χ2n) is 14.3. The molecule has 0 saturated carbocycles. The maximum Gasteiger partial charge on any atom is 0.239 e. The van der Waals surface area contributed by atoms with E-state index in [4.69, 9.17) is 14.6 Å². The van der Waals surface area contributed by atoms with Gasteiger partial charge in [0.25, 0.3) is 0 Å². The number of carbonyl (C=O) groups is 3. The van der Waals surface area contributed by atoms with Gasteiger partial charge in [0.1, 0.15) is 5.69 Å². The van der Waals surface area contributed by atoms with Crippen molar-refractivity contribution >= 4 is 29.0 Å². The number of fused-ring (bicyclic) bond motifs is 4. The van der Waals surface area contributed by atoms with E-state index in [0.29, 0.717) is 39.1 Å². The van der Waals surface area contributed by atoms with Gasteiger partial charge in [-0.25, -0.2) is 4.68 Å². The molecule has 274 valence electrons. The van der Waals surface area contributed by atoms with Crippen molar-refractivity contribution in [1.29, 1.82) is 0 Å². The number of hydrogen-bond acceptors (Lipinski definition) is 7. The summed E-state index contributed by atoms with van der Waals surface area (Å²) in [5, 5.41) is 14.6. The normalized spacial score (nSPS) is 14.6. The number of nitrogens with zero attached hydrogens (tertiary/aromatic N) is 4. The van der Waals surface area contributed by atoms with E-state index >= 15 is 0 Å². The second-order valence-corrected chi connectivity index (χ2v) is 14.3. The smallest absolute Gasteiger partial charge is 0.239 e. The SMILES string of the molecule is CC.CC(=O)NCC(=O)NCCC(=O)N1CC2=C(CC=CC=C2)c2nnn(CCC(C)(C)OCCC(C)OCC(C)(C)C)c2-c2ccccc21. The molecule has 1 aromatic carbocycles. The van der Waals surface area contributed by atoms with Crippen LogP contribution in [0.5, 0.6) is 0 Å². The monoisotopic (exact) mass is 690 g/mol. The molecule has 50 heavy (non-hydrogen) atoms. The van der Waals surface area contributed by atoms with Crippen molar-refractivity contribution in [1.82, 2.24) is 25.6 Å². The number of ether oxygens (including phenoxy) is 2. The molecular weight excluding hydrogens is 632 g/mol. The molecule has 1 aromatic heterocycles. The molecule has 11 nitrogen and oxygen atoms in total. The van der Waals surface area contributed by atoms with E-state index in [-0.39, 0.29) is 48.8 Å². The molecule has 0 fully saturated rings. The summed E-state index contributed by atoms with van der Waals surface area (Å²) in [4.78, 5) is 38.9. The fourth-order valence-corrected chi connectivity index (χ4v) is 5.53. The Morgan fingerprint density at radius 3 is 2.50 bits per heavy atom. The fourth-order valence-electron chi connectivity index (χ4n) is 5.53. The van der Waals surface area contributed by atoms with Crippen molar-refractivity contribution in [2.75, 3.05) is 37.7 Å². The van der Waals surface area contributed by atoms with Gasteiger partial charge in [0.05, 0.1) is 42.8 Å².